The van der Waals surface area contributed by atoms with Crippen LogP contribution in [-0.2, 0) is 4.79 Å². The highest BCUT2D eigenvalue weighted by Crippen LogP contribution is 2.24. The van der Waals surface area contributed by atoms with Gasteiger partial charge in [-0.2, -0.15) is 0 Å². The van der Waals surface area contributed by atoms with Crippen LogP contribution in [0.15, 0.2) is 48.5 Å². The molecule has 2 amide bonds. The molecule has 144 valence electrons. The van der Waals surface area contributed by atoms with E-state index in [1.165, 1.54) is 0 Å². The number of amides is 2. The molecular formula is C19H21Cl2N3O3. The summed E-state index contributed by atoms with van der Waals surface area (Å²) in [5, 5.41) is 3.44. The van der Waals surface area contributed by atoms with E-state index in [4.69, 9.17) is 27.9 Å². The molecule has 0 aliphatic rings. The monoisotopic (exact) mass is 409 g/mol. The Balaban J connectivity index is 1.97. The molecular weight excluding hydrogens is 389 g/mol. The Labute approximate surface area is 168 Å². The number of hydrazine groups is 1. The largest absolute Gasteiger partial charge is 0.413 e. The zero-order valence-corrected chi connectivity index (χ0v) is 16.5. The normalized spacial score (nSPS) is 11.6. The molecule has 0 aromatic heterocycles. The van der Waals surface area contributed by atoms with Crippen molar-refractivity contribution in [3.05, 3.63) is 58.6 Å². The van der Waals surface area contributed by atoms with Crippen molar-refractivity contribution in [2.24, 2.45) is 5.92 Å². The number of nitrogens with one attached hydrogen (secondary N) is 3. The summed E-state index contributed by atoms with van der Waals surface area (Å²) in [5.74, 6) is 0.154. The van der Waals surface area contributed by atoms with Crippen molar-refractivity contribution >= 4 is 40.9 Å². The fraction of sp³-hybridized carbons (Fsp3) is 0.263. The van der Waals surface area contributed by atoms with Crippen molar-refractivity contribution in [3.8, 4) is 5.75 Å². The van der Waals surface area contributed by atoms with Gasteiger partial charge in [0.1, 0.15) is 11.8 Å². The third-order valence-corrected chi connectivity index (χ3v) is 4.07. The summed E-state index contributed by atoms with van der Waals surface area (Å²) in [6.07, 6.45) is -0.266. The Morgan fingerprint density at radius 1 is 1.07 bits per heavy atom. The lowest BCUT2D eigenvalue weighted by Gasteiger charge is -2.20. The van der Waals surface area contributed by atoms with Crippen LogP contribution in [0.1, 0.15) is 20.3 Å². The number of hydrogen-bond acceptors (Lipinski definition) is 4. The number of carbonyl (C=O) groups excluding carboxylic acids is 2. The maximum atomic E-state index is 12.5. The summed E-state index contributed by atoms with van der Waals surface area (Å²) in [5.41, 5.74) is 5.77. The minimum atomic E-state index is -0.778. The molecule has 2 aromatic rings. The van der Waals surface area contributed by atoms with E-state index >= 15 is 0 Å². The second-order valence-electron chi connectivity index (χ2n) is 6.27. The molecule has 0 saturated carbocycles. The number of anilines is 1. The topological polar surface area (TPSA) is 79.5 Å². The van der Waals surface area contributed by atoms with Crippen molar-refractivity contribution in [1.82, 2.24) is 10.7 Å². The minimum absolute atomic E-state index is 0.178. The van der Waals surface area contributed by atoms with Crippen LogP contribution in [0.25, 0.3) is 0 Å². The number of hydrogen-bond donors (Lipinski definition) is 3. The average Bonchev–Trinajstić information content (AvgIpc) is 2.60. The molecule has 2 rings (SSSR count). The number of halogens is 2. The van der Waals surface area contributed by atoms with Gasteiger partial charge < -0.3 is 10.1 Å². The Kier molecular flexibility index (Phi) is 7.76. The molecule has 27 heavy (non-hydrogen) atoms. The molecule has 3 N–H and O–H groups in total. The van der Waals surface area contributed by atoms with Crippen LogP contribution < -0.4 is 20.9 Å². The van der Waals surface area contributed by atoms with Crippen molar-refractivity contribution in [2.45, 2.75) is 26.3 Å². The third-order valence-electron chi connectivity index (χ3n) is 3.52. The van der Waals surface area contributed by atoms with Gasteiger partial charge in [0.15, 0.2) is 0 Å². The molecule has 0 aliphatic heterocycles. The molecule has 1 unspecified atom stereocenters. The van der Waals surface area contributed by atoms with E-state index in [9.17, 15) is 9.59 Å². The number of rotatable bonds is 7. The SMILES string of the molecule is CC(C)CC(NC(=O)Oc1ccccc1)C(=O)NNc1ccc(Cl)cc1Cl. The van der Waals surface area contributed by atoms with Crippen LogP contribution in [0.5, 0.6) is 5.75 Å². The molecule has 0 spiro atoms. The maximum absolute atomic E-state index is 12.5. The van der Waals surface area contributed by atoms with E-state index in [-0.39, 0.29) is 5.92 Å². The number of carbonyl (C=O) groups is 2. The van der Waals surface area contributed by atoms with Gasteiger partial charge in [-0.25, -0.2) is 4.79 Å². The highest BCUT2D eigenvalue weighted by molar-refractivity contribution is 6.36. The van der Waals surface area contributed by atoms with Gasteiger partial charge >= 0.3 is 6.09 Å². The van der Waals surface area contributed by atoms with Gasteiger partial charge in [0.25, 0.3) is 5.91 Å². The number of benzene rings is 2. The molecule has 2 aromatic carbocycles. The summed E-state index contributed by atoms with van der Waals surface area (Å²) in [6, 6.07) is 12.7. The molecule has 6 nitrogen and oxygen atoms in total. The van der Waals surface area contributed by atoms with Crippen molar-refractivity contribution in [3.63, 3.8) is 0 Å². The molecule has 1 atom stereocenters. The van der Waals surface area contributed by atoms with Crippen LogP contribution in [0.2, 0.25) is 10.0 Å². The summed E-state index contributed by atoms with van der Waals surface area (Å²) < 4.78 is 5.19. The summed E-state index contributed by atoms with van der Waals surface area (Å²) in [6.45, 7) is 3.90. The fourth-order valence-corrected chi connectivity index (χ4v) is 2.73. The summed E-state index contributed by atoms with van der Waals surface area (Å²) in [7, 11) is 0. The van der Waals surface area contributed by atoms with Crippen LogP contribution >= 0.6 is 23.2 Å². The Morgan fingerprint density at radius 2 is 1.78 bits per heavy atom. The molecule has 8 heteroatoms. The smallest absolute Gasteiger partial charge is 0.410 e. The second kappa shape index (κ2) is 10.0. The van der Waals surface area contributed by atoms with Crippen LogP contribution in [0.4, 0.5) is 10.5 Å². The van der Waals surface area contributed by atoms with E-state index in [1.54, 1.807) is 42.5 Å². The minimum Gasteiger partial charge on any atom is -0.410 e. The second-order valence-corrected chi connectivity index (χ2v) is 7.11. The first-order valence-electron chi connectivity index (χ1n) is 8.39. The zero-order valence-electron chi connectivity index (χ0n) is 15.0. The molecule has 0 saturated heterocycles. The van der Waals surface area contributed by atoms with E-state index in [0.717, 1.165) is 0 Å². The van der Waals surface area contributed by atoms with Gasteiger partial charge in [-0.05, 0) is 42.7 Å². The van der Waals surface area contributed by atoms with Gasteiger partial charge in [0, 0.05) is 5.02 Å². The molecule has 0 bridgehead atoms. The predicted molar refractivity (Wildman–Crippen MR) is 107 cm³/mol. The third kappa shape index (κ3) is 7.00. The van der Waals surface area contributed by atoms with Crippen LogP contribution in [0, 0.1) is 5.92 Å². The van der Waals surface area contributed by atoms with Gasteiger partial charge in [-0.15, -0.1) is 0 Å². The van der Waals surface area contributed by atoms with Crippen LogP contribution in [0.3, 0.4) is 0 Å². The summed E-state index contributed by atoms with van der Waals surface area (Å²) in [4.78, 5) is 24.6. The lowest BCUT2D eigenvalue weighted by Crippen LogP contribution is -2.49. The van der Waals surface area contributed by atoms with Crippen molar-refractivity contribution in [1.29, 1.82) is 0 Å². The van der Waals surface area contributed by atoms with E-state index < -0.39 is 18.0 Å². The summed E-state index contributed by atoms with van der Waals surface area (Å²) >= 11 is 11.9. The highest BCUT2D eigenvalue weighted by Gasteiger charge is 2.23. The van der Waals surface area contributed by atoms with Crippen molar-refractivity contribution < 1.29 is 14.3 Å². The lowest BCUT2D eigenvalue weighted by atomic mass is 10.0. The average molecular weight is 410 g/mol. The van der Waals surface area contributed by atoms with Crippen molar-refractivity contribution in [2.75, 3.05) is 5.43 Å². The molecule has 0 radical (unpaired) electrons. The highest BCUT2D eigenvalue weighted by atomic mass is 35.5. The predicted octanol–water partition coefficient (Wildman–Crippen LogP) is 4.64. The van der Waals surface area contributed by atoms with Gasteiger partial charge in [0.2, 0.25) is 0 Å². The first kappa shape index (κ1) is 20.9. The van der Waals surface area contributed by atoms with Gasteiger partial charge in [-0.3, -0.25) is 15.6 Å². The first-order chi connectivity index (χ1) is 12.8. The Hall–Kier alpha value is -2.44. The first-order valence-corrected chi connectivity index (χ1v) is 9.15. The molecule has 0 aliphatic carbocycles. The van der Waals surface area contributed by atoms with E-state index in [0.29, 0.717) is 27.9 Å². The number of ether oxygens (including phenoxy) is 1. The Morgan fingerprint density at radius 3 is 2.41 bits per heavy atom. The zero-order chi connectivity index (χ0) is 19.8. The van der Waals surface area contributed by atoms with Gasteiger partial charge in [0.05, 0.1) is 10.7 Å². The van der Waals surface area contributed by atoms with Gasteiger partial charge in [-0.1, -0.05) is 55.2 Å². The Bertz CT molecular complexity index is 785. The fourth-order valence-electron chi connectivity index (χ4n) is 2.28. The maximum Gasteiger partial charge on any atom is 0.413 e. The molecule has 0 fully saturated rings. The lowest BCUT2D eigenvalue weighted by molar-refractivity contribution is -0.122. The number of para-hydroxylation sites is 1. The quantitative estimate of drug-likeness (QED) is 0.581. The molecule has 0 heterocycles. The van der Waals surface area contributed by atoms with Crippen LogP contribution in [-0.4, -0.2) is 18.0 Å². The van der Waals surface area contributed by atoms with E-state index in [2.05, 4.69) is 16.2 Å². The standard InChI is InChI=1S/C19H21Cl2N3O3/c1-12(2)10-17(22-19(26)27-14-6-4-3-5-7-14)18(25)24-23-16-9-8-13(20)11-15(16)21/h3-9,11-12,17,23H,10H2,1-2H3,(H,22,26)(H,24,25). The van der Waals surface area contributed by atoms with E-state index in [1.807, 2.05) is 19.9 Å².